The third kappa shape index (κ3) is 6.22. The van der Waals surface area contributed by atoms with Gasteiger partial charge in [0.15, 0.2) is 23.1 Å². The van der Waals surface area contributed by atoms with Gasteiger partial charge in [-0.3, -0.25) is 19.7 Å². The molecule has 0 aromatic heterocycles. The molecule has 0 unspecified atom stereocenters. The molecule has 0 saturated carbocycles. The zero-order valence-corrected chi connectivity index (χ0v) is 28.0. The maximum absolute atomic E-state index is 13.9. The van der Waals surface area contributed by atoms with E-state index in [1.165, 1.54) is 0 Å². The fourth-order valence-corrected chi connectivity index (χ4v) is 7.38. The number of rotatable bonds is 6. The summed E-state index contributed by atoms with van der Waals surface area (Å²) in [4.78, 5) is 40.6. The number of allylic oxidation sites excluding steroid dienone is 4. The van der Waals surface area contributed by atoms with Crippen molar-refractivity contribution in [3.63, 3.8) is 0 Å². The smallest absolute Gasteiger partial charge is 0.416 e. The predicted octanol–water partition coefficient (Wildman–Crippen LogP) is 8.72. The second-order valence-electron chi connectivity index (χ2n) is 13.4. The molecule has 0 bridgehead atoms. The maximum atomic E-state index is 13.9. The number of ether oxygens (including phenoxy) is 2. The SMILES string of the molecule is CCOc1cc(C2C3=C(CC(C)(C)CC3=O)N(C)C3=C2C(=O)CC(C)(C)C3)cc(I)c1Oc1ccc(C(F)(F)F)cc1[N+](=O)[O-]. The number of nitrogens with zero attached hydrogens (tertiary/aromatic N) is 2. The molecule has 3 aliphatic rings. The van der Waals surface area contributed by atoms with Crippen molar-refractivity contribution in [1.82, 2.24) is 4.90 Å². The van der Waals surface area contributed by atoms with Crippen LogP contribution in [0.5, 0.6) is 17.2 Å². The highest BCUT2D eigenvalue weighted by molar-refractivity contribution is 14.1. The Hall–Kier alpha value is -3.42. The Morgan fingerprint density at radius 1 is 0.956 bits per heavy atom. The molecular formula is C33H34F3IN2O6. The fraction of sp³-hybridized carbons (Fsp3) is 0.455. The van der Waals surface area contributed by atoms with Crippen molar-refractivity contribution in [2.75, 3.05) is 13.7 Å². The molecule has 0 N–H and O–H groups in total. The Kier molecular flexibility index (Phi) is 8.37. The van der Waals surface area contributed by atoms with E-state index < -0.39 is 28.3 Å². The molecule has 2 aromatic carbocycles. The number of carbonyl (C=O) groups excluding carboxylic acids is 2. The first-order chi connectivity index (χ1) is 20.8. The zero-order valence-electron chi connectivity index (χ0n) is 25.9. The minimum Gasteiger partial charge on any atom is -0.490 e. The Balaban J connectivity index is 1.68. The van der Waals surface area contributed by atoms with Crippen LogP contribution in [0.2, 0.25) is 0 Å². The minimum atomic E-state index is -4.78. The van der Waals surface area contributed by atoms with E-state index in [2.05, 4.69) is 27.7 Å². The van der Waals surface area contributed by atoms with Gasteiger partial charge in [0.2, 0.25) is 5.75 Å². The van der Waals surface area contributed by atoms with E-state index >= 15 is 0 Å². The van der Waals surface area contributed by atoms with Crippen molar-refractivity contribution in [1.29, 1.82) is 0 Å². The van der Waals surface area contributed by atoms with Crippen LogP contribution >= 0.6 is 22.6 Å². The molecule has 12 heteroatoms. The Morgan fingerprint density at radius 3 is 2.00 bits per heavy atom. The van der Waals surface area contributed by atoms with Crippen molar-refractivity contribution in [3.8, 4) is 17.2 Å². The first-order valence-corrected chi connectivity index (χ1v) is 15.7. The molecule has 2 aliphatic carbocycles. The molecule has 1 heterocycles. The average molecular weight is 739 g/mol. The van der Waals surface area contributed by atoms with Gasteiger partial charge in [0.05, 0.1) is 20.7 Å². The number of halogens is 4. The maximum Gasteiger partial charge on any atom is 0.416 e. The minimum absolute atomic E-state index is 0.0315. The average Bonchev–Trinajstić information content (AvgIpc) is 2.90. The largest absolute Gasteiger partial charge is 0.490 e. The van der Waals surface area contributed by atoms with E-state index in [0.717, 1.165) is 23.5 Å². The fourth-order valence-electron chi connectivity index (χ4n) is 6.65. The molecule has 1 aliphatic heterocycles. The molecular weight excluding hydrogens is 704 g/mol. The number of hydrogen-bond acceptors (Lipinski definition) is 7. The van der Waals surface area contributed by atoms with Crippen LogP contribution in [-0.2, 0) is 15.8 Å². The summed E-state index contributed by atoms with van der Waals surface area (Å²) >= 11 is 1.98. The van der Waals surface area contributed by atoms with Crippen LogP contribution in [0, 0.1) is 24.5 Å². The number of hydrogen-bond donors (Lipinski definition) is 0. The molecule has 240 valence electrons. The molecule has 2 aromatic rings. The summed E-state index contributed by atoms with van der Waals surface area (Å²) in [6.45, 7) is 10.1. The molecule has 45 heavy (non-hydrogen) atoms. The summed E-state index contributed by atoms with van der Waals surface area (Å²) in [6.07, 6.45) is -2.82. The highest BCUT2D eigenvalue weighted by atomic mass is 127. The van der Waals surface area contributed by atoms with E-state index in [4.69, 9.17) is 9.47 Å². The van der Waals surface area contributed by atoms with Crippen LogP contribution < -0.4 is 9.47 Å². The lowest BCUT2D eigenvalue weighted by Gasteiger charge is -2.48. The van der Waals surface area contributed by atoms with Gasteiger partial charge >= 0.3 is 11.9 Å². The summed E-state index contributed by atoms with van der Waals surface area (Å²) in [7, 11) is 1.92. The van der Waals surface area contributed by atoms with Gasteiger partial charge in [-0.2, -0.15) is 13.2 Å². The van der Waals surface area contributed by atoms with E-state index in [0.29, 0.717) is 52.0 Å². The van der Waals surface area contributed by atoms with Gasteiger partial charge in [0.1, 0.15) is 0 Å². The Labute approximate surface area is 272 Å². The molecule has 0 radical (unpaired) electrons. The Bertz CT molecular complexity index is 1640. The molecule has 0 spiro atoms. The molecule has 0 atom stereocenters. The van der Waals surface area contributed by atoms with Gasteiger partial charge in [0.25, 0.3) is 0 Å². The van der Waals surface area contributed by atoms with Gasteiger partial charge < -0.3 is 14.4 Å². The zero-order chi connectivity index (χ0) is 33.2. The highest BCUT2D eigenvalue weighted by Gasteiger charge is 2.48. The number of Topliss-reactive ketones (excluding diaryl/α,β-unsaturated/α-hetero) is 2. The second-order valence-corrected chi connectivity index (χ2v) is 14.6. The summed E-state index contributed by atoms with van der Waals surface area (Å²) in [6, 6.07) is 5.49. The van der Waals surface area contributed by atoms with Crippen molar-refractivity contribution in [3.05, 3.63) is 77.7 Å². The molecule has 0 saturated heterocycles. The van der Waals surface area contributed by atoms with Gasteiger partial charge in [0, 0.05) is 54.4 Å². The van der Waals surface area contributed by atoms with Crippen molar-refractivity contribution < 1.29 is 37.2 Å². The van der Waals surface area contributed by atoms with Gasteiger partial charge in [-0.15, -0.1) is 0 Å². The van der Waals surface area contributed by atoms with Gasteiger partial charge in [-0.1, -0.05) is 27.7 Å². The quantitative estimate of drug-likeness (QED) is 0.166. The van der Waals surface area contributed by atoms with Gasteiger partial charge in [-0.25, -0.2) is 0 Å². The standard InChI is InChI=1S/C33H34F3IN2O6/c1-7-44-26-11-17(10-19(37)30(26)45-25-9-8-18(33(34,35)36)12-20(25)39(42)43)27-28-21(13-31(2,3)15-23(28)40)38(6)22-14-32(4,5)16-24(41)29(22)27/h8-12,27H,7,13-16H2,1-6H3. The van der Waals surface area contributed by atoms with Crippen LogP contribution in [-0.4, -0.2) is 35.0 Å². The van der Waals surface area contributed by atoms with E-state index in [1.54, 1.807) is 19.1 Å². The van der Waals surface area contributed by atoms with E-state index in [1.807, 2.05) is 34.5 Å². The topological polar surface area (TPSA) is 99.0 Å². The van der Waals surface area contributed by atoms with E-state index in [-0.39, 0.29) is 46.3 Å². The summed E-state index contributed by atoms with van der Waals surface area (Å²) in [5, 5.41) is 11.7. The molecule has 8 nitrogen and oxygen atoms in total. The van der Waals surface area contributed by atoms with Gasteiger partial charge in [-0.05, 0) is 83.0 Å². The first-order valence-electron chi connectivity index (χ1n) is 14.6. The van der Waals surface area contributed by atoms with Crippen LogP contribution in [0.4, 0.5) is 18.9 Å². The second kappa shape index (κ2) is 11.4. The normalized spacial score (nSPS) is 19.8. The molecule has 0 amide bonds. The lowest BCUT2D eigenvalue weighted by Crippen LogP contribution is -2.43. The number of nitro benzene ring substituents is 1. The lowest BCUT2D eigenvalue weighted by molar-refractivity contribution is -0.385. The number of nitro groups is 1. The van der Waals surface area contributed by atoms with Crippen molar-refractivity contribution >= 4 is 39.8 Å². The molecule has 0 fully saturated rings. The van der Waals surface area contributed by atoms with Crippen LogP contribution in [0.1, 0.15) is 77.3 Å². The summed E-state index contributed by atoms with van der Waals surface area (Å²) in [5.74, 6) is -0.840. The van der Waals surface area contributed by atoms with Crippen molar-refractivity contribution in [2.24, 2.45) is 10.8 Å². The number of carbonyl (C=O) groups is 2. The van der Waals surface area contributed by atoms with Crippen LogP contribution in [0.3, 0.4) is 0 Å². The van der Waals surface area contributed by atoms with Crippen molar-refractivity contribution in [2.45, 2.75) is 72.4 Å². The van der Waals surface area contributed by atoms with Crippen LogP contribution in [0.25, 0.3) is 0 Å². The van der Waals surface area contributed by atoms with Crippen LogP contribution in [0.15, 0.2) is 52.9 Å². The predicted molar refractivity (Wildman–Crippen MR) is 169 cm³/mol. The number of benzene rings is 2. The monoisotopic (exact) mass is 738 g/mol. The number of ketones is 2. The summed E-state index contributed by atoms with van der Waals surface area (Å²) < 4.78 is 52.2. The summed E-state index contributed by atoms with van der Waals surface area (Å²) in [5.41, 5.74) is 1.01. The Morgan fingerprint density at radius 2 is 1.51 bits per heavy atom. The first kappa shape index (κ1) is 33.0. The highest BCUT2D eigenvalue weighted by Crippen LogP contribution is 2.55. The molecule has 5 rings (SSSR count). The lowest BCUT2D eigenvalue weighted by atomic mass is 9.64. The number of alkyl halides is 3. The third-order valence-electron chi connectivity index (χ3n) is 8.54. The third-order valence-corrected chi connectivity index (χ3v) is 9.34. The van der Waals surface area contributed by atoms with E-state index in [9.17, 15) is 32.9 Å².